The van der Waals surface area contributed by atoms with Crippen molar-refractivity contribution in [2.45, 2.75) is 0 Å². The van der Waals surface area contributed by atoms with Gasteiger partial charge in [-0.3, -0.25) is 0 Å². The molecule has 0 fully saturated rings. The van der Waals surface area contributed by atoms with Crippen LogP contribution in [0.1, 0.15) is 0 Å². The Labute approximate surface area is 73.3 Å². The molecule has 6 heavy (non-hydrogen) atoms. The van der Waals surface area contributed by atoms with Gasteiger partial charge in [0.25, 0.3) is 0 Å². The van der Waals surface area contributed by atoms with Crippen molar-refractivity contribution < 1.29 is 13.0 Å². The van der Waals surface area contributed by atoms with Crippen LogP contribution in [0.2, 0.25) is 0 Å². The molecule has 0 rings (SSSR count). The molecule has 3 nitrogen and oxygen atoms in total. The SMILES string of the molecule is O=[S](=O)([O-])[AlH2-].[Ca+2]. The van der Waals surface area contributed by atoms with Gasteiger partial charge >= 0.3 is 37.7 Å². The van der Waals surface area contributed by atoms with Crippen molar-refractivity contribution in [3.05, 3.63) is 0 Å². The van der Waals surface area contributed by atoms with Crippen LogP contribution >= 0.6 is 0 Å². The second kappa shape index (κ2) is 3.67. The fraction of sp³-hybridized carbons (Fsp3) is 0. The molecule has 0 N–H and O–H groups in total. The van der Waals surface area contributed by atoms with Gasteiger partial charge in [-0.05, 0) is 0 Å². The Morgan fingerprint density at radius 1 is 1.50 bits per heavy atom. The van der Waals surface area contributed by atoms with Gasteiger partial charge in [0.1, 0.15) is 0 Å². The summed E-state index contributed by atoms with van der Waals surface area (Å²) < 4.78 is 27.4. The Kier molecular flexibility index (Phi) is 6.51. The van der Waals surface area contributed by atoms with Crippen LogP contribution < -0.4 is 0 Å². The third-order valence-corrected chi connectivity index (χ3v) is 0. The van der Waals surface area contributed by atoms with Gasteiger partial charge in [-0.25, -0.2) is 0 Å². The predicted molar refractivity (Wildman–Crippen MR) is 24.0 cm³/mol. The van der Waals surface area contributed by atoms with Crippen molar-refractivity contribution in [3.8, 4) is 0 Å². The summed E-state index contributed by atoms with van der Waals surface area (Å²) in [5.41, 5.74) is 0. The molecule has 0 unspecified atom stereocenters. The molecular weight excluding hydrogens is 147 g/mol. The maximum absolute atomic E-state index is 9.14. The van der Waals surface area contributed by atoms with E-state index in [9.17, 15) is 0 Å². The smallest absolute Gasteiger partial charge is 0.792 e. The molecule has 0 aromatic rings. The zero-order valence-corrected chi connectivity index (χ0v) is 8.36. The fourth-order valence-electron chi connectivity index (χ4n) is 0. The Balaban J connectivity index is 0. The Morgan fingerprint density at radius 2 is 1.50 bits per heavy atom. The predicted octanol–water partition coefficient (Wildman–Crippen LogP) is -2.30. The summed E-state index contributed by atoms with van der Waals surface area (Å²) in [4.78, 5) is 0. The molecule has 0 saturated heterocycles. The van der Waals surface area contributed by atoms with Crippen LogP contribution in [0.15, 0.2) is 0 Å². The normalized spacial score (nSPS) is 9.67. The van der Waals surface area contributed by atoms with E-state index in [0.29, 0.717) is 0 Å². The molecule has 1 radical (unpaired) electrons. The Hall–Kier alpha value is 1.70. The first kappa shape index (κ1) is 10.6. The zero-order chi connectivity index (χ0) is 4.50. The van der Waals surface area contributed by atoms with E-state index in [1.807, 2.05) is 0 Å². The summed E-state index contributed by atoms with van der Waals surface area (Å²) >= 11 is -0.275. The average Bonchev–Trinajstić information content (AvgIpc) is 0.722. The number of hydrogen-bond acceptors (Lipinski definition) is 3. The summed E-state index contributed by atoms with van der Waals surface area (Å²) in [7, 11) is -3.78. The van der Waals surface area contributed by atoms with Crippen LogP contribution in [0.5, 0.6) is 0 Å². The van der Waals surface area contributed by atoms with E-state index in [1.165, 1.54) is 0 Å². The average molecular weight is 149 g/mol. The summed E-state index contributed by atoms with van der Waals surface area (Å²) in [6.45, 7) is 0. The van der Waals surface area contributed by atoms with E-state index < -0.39 is 8.48 Å². The van der Waals surface area contributed by atoms with Crippen molar-refractivity contribution in [1.29, 1.82) is 0 Å². The second-order valence-corrected chi connectivity index (χ2v) is 5.11. The van der Waals surface area contributed by atoms with E-state index >= 15 is 0 Å². The molecule has 0 saturated carbocycles. The van der Waals surface area contributed by atoms with Crippen molar-refractivity contribution in [1.82, 2.24) is 0 Å². The summed E-state index contributed by atoms with van der Waals surface area (Å²) in [5.74, 6) is 0. The van der Waals surface area contributed by atoms with Crippen LogP contribution in [0, 0.1) is 0 Å². The fourth-order valence-corrected chi connectivity index (χ4v) is 0. The molecule has 0 atom stereocenters. The van der Waals surface area contributed by atoms with E-state index in [2.05, 4.69) is 0 Å². The molecule has 0 aliphatic rings. The number of rotatable bonds is 0. The van der Waals surface area contributed by atoms with E-state index in [0.717, 1.165) is 0 Å². The maximum atomic E-state index is 9.14. The standard InChI is InChI=1S/Al.Ca.O3S.2H/c;;1-4(2)3;;/q-1;+2;-1;;. The molecule has 0 heterocycles. The van der Waals surface area contributed by atoms with Gasteiger partial charge in [-0.2, -0.15) is 0 Å². The Bertz CT molecular complexity index is 94.0. The summed E-state index contributed by atoms with van der Waals surface area (Å²) in [5, 5.41) is 0. The summed E-state index contributed by atoms with van der Waals surface area (Å²) in [6, 6.07) is 0. The molecule has 0 amide bonds. The van der Waals surface area contributed by atoms with Gasteiger partial charge < -0.3 is 13.0 Å². The minimum absolute atomic E-state index is 0. The third kappa shape index (κ3) is 43.5. The topological polar surface area (TPSA) is 57.2 Å². The monoisotopic (exact) mass is 149 g/mol. The molecule has 0 aliphatic carbocycles. The van der Waals surface area contributed by atoms with Gasteiger partial charge in [-0.1, -0.05) is 0 Å². The van der Waals surface area contributed by atoms with E-state index in [1.54, 1.807) is 0 Å². The van der Waals surface area contributed by atoms with Gasteiger partial charge in [0, 0.05) is 0 Å². The first-order valence-electron chi connectivity index (χ1n) is 0.908. The van der Waals surface area contributed by atoms with Crippen LogP contribution in [0.4, 0.5) is 0 Å². The summed E-state index contributed by atoms with van der Waals surface area (Å²) in [6.07, 6.45) is 0. The van der Waals surface area contributed by atoms with Crippen molar-refractivity contribution >= 4 is 61.4 Å². The first-order valence-corrected chi connectivity index (χ1v) is 5.17. The molecule has 0 aromatic heterocycles. The van der Waals surface area contributed by atoms with Crippen LogP contribution in [-0.4, -0.2) is 65.9 Å². The van der Waals surface area contributed by atoms with E-state index in [-0.39, 0.29) is 52.9 Å². The molecular formula is H2AlCaO3S. The third-order valence-electron chi connectivity index (χ3n) is 0. The molecule has 0 bridgehead atoms. The van der Waals surface area contributed by atoms with Gasteiger partial charge in [-0.15, -0.1) is 8.48 Å². The zero-order valence-electron chi connectivity index (χ0n) is 3.34. The quantitative estimate of drug-likeness (QED) is 0.287. The van der Waals surface area contributed by atoms with Gasteiger partial charge in [0.15, 0.2) is 0 Å². The van der Waals surface area contributed by atoms with Crippen molar-refractivity contribution in [3.63, 3.8) is 0 Å². The molecule has 0 aliphatic heterocycles. The minimum atomic E-state index is -3.78. The first-order chi connectivity index (χ1) is 2.00. The molecule has 6 heteroatoms. The van der Waals surface area contributed by atoms with Gasteiger partial charge in [0.05, 0.1) is 15.2 Å². The number of hydrogen-bond donors (Lipinski definition) is 0. The van der Waals surface area contributed by atoms with Gasteiger partial charge in [0.2, 0.25) is 0 Å². The van der Waals surface area contributed by atoms with E-state index in [4.69, 9.17) is 13.0 Å². The molecule has 0 spiro atoms. The molecule has 31 valence electrons. The van der Waals surface area contributed by atoms with Crippen LogP contribution in [-0.2, 0) is 8.48 Å². The minimum Gasteiger partial charge on any atom is -0.792 e. The Morgan fingerprint density at radius 3 is 1.50 bits per heavy atom. The second-order valence-electron chi connectivity index (χ2n) is 0.704. The van der Waals surface area contributed by atoms with Crippen LogP contribution in [0.25, 0.3) is 0 Å². The van der Waals surface area contributed by atoms with Crippen LogP contribution in [0.3, 0.4) is 0 Å². The van der Waals surface area contributed by atoms with Crippen molar-refractivity contribution in [2.75, 3.05) is 0 Å². The molecule has 0 aromatic carbocycles. The largest absolute Gasteiger partial charge is 2.00 e. The maximum Gasteiger partial charge on any atom is 2.00 e. The van der Waals surface area contributed by atoms with Crippen molar-refractivity contribution in [2.24, 2.45) is 0 Å².